The topological polar surface area (TPSA) is 113 Å². The van der Waals surface area contributed by atoms with Gasteiger partial charge in [0.05, 0.1) is 28.4 Å². The number of phenolic OH excluding ortho intramolecular Hbond substituents is 1. The molecule has 1 amide bonds. The summed E-state index contributed by atoms with van der Waals surface area (Å²) < 4.78 is 6.35. The molecule has 2 aromatic carbocycles. The van der Waals surface area contributed by atoms with Crippen LogP contribution in [-0.4, -0.2) is 38.5 Å². The Morgan fingerprint density at radius 3 is 2.53 bits per heavy atom. The standard InChI is InChI=1S/C25H19N3O5S/c1-2-33-17-7-8-18-19(13-17)34-25(27-18)28-21(14-3-5-16(29)6-4-14)20(23(31)24(28)32)22(30)15-9-11-26-12-10-15/h3-13,21,29-30H,2H2,1H3/b22-20+. The van der Waals surface area contributed by atoms with Crippen LogP contribution in [0.1, 0.15) is 24.1 Å². The van der Waals surface area contributed by atoms with E-state index in [9.17, 15) is 19.8 Å². The van der Waals surface area contributed by atoms with Crippen LogP contribution in [0, 0.1) is 0 Å². The molecule has 1 fully saturated rings. The predicted molar refractivity (Wildman–Crippen MR) is 128 cm³/mol. The molecule has 0 bridgehead atoms. The summed E-state index contributed by atoms with van der Waals surface area (Å²) in [4.78, 5) is 36.3. The van der Waals surface area contributed by atoms with Crippen molar-refractivity contribution in [2.45, 2.75) is 13.0 Å². The molecule has 1 atom stereocenters. The van der Waals surface area contributed by atoms with E-state index in [1.165, 1.54) is 40.8 Å². The number of aliphatic hydroxyl groups is 1. The normalized spacial score (nSPS) is 17.4. The maximum atomic E-state index is 13.3. The Kier molecular flexibility index (Phi) is 5.46. The third-order valence-electron chi connectivity index (χ3n) is 5.47. The Morgan fingerprint density at radius 1 is 1.09 bits per heavy atom. The minimum Gasteiger partial charge on any atom is -0.508 e. The average molecular weight is 474 g/mol. The van der Waals surface area contributed by atoms with E-state index >= 15 is 0 Å². The van der Waals surface area contributed by atoms with Gasteiger partial charge in [0.25, 0.3) is 5.78 Å². The molecule has 34 heavy (non-hydrogen) atoms. The number of aromatic hydroxyl groups is 1. The number of carbonyl (C=O) groups is 2. The first-order valence-corrected chi connectivity index (χ1v) is 11.3. The molecule has 170 valence electrons. The second-order valence-corrected chi connectivity index (χ2v) is 8.56. The second-order valence-electron chi connectivity index (χ2n) is 7.56. The van der Waals surface area contributed by atoms with E-state index < -0.39 is 17.7 Å². The predicted octanol–water partition coefficient (Wildman–Crippen LogP) is 4.42. The zero-order valence-electron chi connectivity index (χ0n) is 18.0. The highest BCUT2D eigenvalue weighted by Gasteiger charge is 2.48. The zero-order chi connectivity index (χ0) is 23.8. The molecule has 0 spiro atoms. The molecular weight excluding hydrogens is 454 g/mol. The van der Waals surface area contributed by atoms with Gasteiger partial charge in [0.15, 0.2) is 5.13 Å². The van der Waals surface area contributed by atoms with Crippen molar-refractivity contribution < 1.29 is 24.5 Å². The van der Waals surface area contributed by atoms with Crippen molar-refractivity contribution in [2.24, 2.45) is 0 Å². The van der Waals surface area contributed by atoms with Gasteiger partial charge in [0, 0.05) is 18.0 Å². The fraction of sp³-hybridized carbons (Fsp3) is 0.120. The Morgan fingerprint density at radius 2 is 1.82 bits per heavy atom. The first-order chi connectivity index (χ1) is 16.5. The molecule has 1 aliphatic heterocycles. The van der Waals surface area contributed by atoms with Crippen LogP contribution in [0.25, 0.3) is 16.0 Å². The molecule has 1 saturated heterocycles. The molecule has 0 radical (unpaired) electrons. The van der Waals surface area contributed by atoms with Crippen LogP contribution in [0.2, 0.25) is 0 Å². The van der Waals surface area contributed by atoms with Crippen molar-refractivity contribution in [3.8, 4) is 11.5 Å². The van der Waals surface area contributed by atoms with E-state index in [1.54, 1.807) is 36.4 Å². The maximum Gasteiger partial charge on any atom is 0.301 e. The van der Waals surface area contributed by atoms with Crippen LogP contribution in [0.4, 0.5) is 5.13 Å². The van der Waals surface area contributed by atoms with Gasteiger partial charge in [-0.3, -0.25) is 19.5 Å². The van der Waals surface area contributed by atoms with Gasteiger partial charge in [0.2, 0.25) is 0 Å². The number of amides is 1. The maximum absolute atomic E-state index is 13.3. The van der Waals surface area contributed by atoms with Crippen molar-refractivity contribution in [3.63, 3.8) is 0 Å². The third-order valence-corrected chi connectivity index (χ3v) is 6.49. The summed E-state index contributed by atoms with van der Waals surface area (Å²) in [6.45, 7) is 2.41. The van der Waals surface area contributed by atoms with E-state index in [4.69, 9.17) is 4.74 Å². The number of nitrogens with zero attached hydrogens (tertiary/aromatic N) is 3. The highest BCUT2D eigenvalue weighted by Crippen LogP contribution is 2.44. The molecule has 8 nitrogen and oxygen atoms in total. The van der Waals surface area contributed by atoms with E-state index in [1.807, 2.05) is 13.0 Å². The molecule has 0 aliphatic carbocycles. The molecule has 1 aliphatic rings. The number of benzene rings is 2. The average Bonchev–Trinajstić information content (AvgIpc) is 3.38. The van der Waals surface area contributed by atoms with Gasteiger partial charge in [-0.25, -0.2) is 4.98 Å². The number of fused-ring (bicyclic) bond motifs is 1. The number of ether oxygens (including phenoxy) is 1. The number of Topliss-reactive ketones (excluding diaryl/α,β-unsaturated/α-hetero) is 1. The van der Waals surface area contributed by atoms with Gasteiger partial charge in [0.1, 0.15) is 17.3 Å². The summed E-state index contributed by atoms with van der Waals surface area (Å²) in [6, 6.07) is 13.8. The lowest BCUT2D eigenvalue weighted by Gasteiger charge is -2.23. The molecule has 0 saturated carbocycles. The molecule has 5 rings (SSSR count). The number of phenols is 1. The molecular formula is C25H19N3O5S. The summed E-state index contributed by atoms with van der Waals surface area (Å²) in [7, 11) is 0. The van der Waals surface area contributed by atoms with Gasteiger partial charge in [-0.15, -0.1) is 0 Å². The zero-order valence-corrected chi connectivity index (χ0v) is 18.8. The smallest absolute Gasteiger partial charge is 0.301 e. The Labute approximate surface area is 198 Å². The highest BCUT2D eigenvalue weighted by atomic mass is 32.1. The van der Waals surface area contributed by atoms with Gasteiger partial charge < -0.3 is 14.9 Å². The van der Waals surface area contributed by atoms with Crippen LogP contribution in [0.5, 0.6) is 11.5 Å². The first-order valence-electron chi connectivity index (χ1n) is 10.5. The molecule has 2 N–H and O–H groups in total. The number of hydrogen-bond donors (Lipinski definition) is 2. The van der Waals surface area contributed by atoms with Crippen LogP contribution in [-0.2, 0) is 9.59 Å². The summed E-state index contributed by atoms with van der Waals surface area (Å²) in [5, 5.41) is 21.1. The minimum atomic E-state index is -0.930. The van der Waals surface area contributed by atoms with E-state index in [-0.39, 0.29) is 17.1 Å². The van der Waals surface area contributed by atoms with Crippen molar-refractivity contribution >= 4 is 44.1 Å². The SMILES string of the molecule is CCOc1ccc2nc(N3C(=O)C(=O)/C(=C(/O)c4ccncc4)C3c3ccc(O)cc3)sc2c1. The highest BCUT2D eigenvalue weighted by molar-refractivity contribution is 7.22. The number of pyridine rings is 1. The lowest BCUT2D eigenvalue weighted by molar-refractivity contribution is -0.132. The number of aromatic nitrogens is 2. The number of anilines is 1. The van der Waals surface area contributed by atoms with E-state index in [0.29, 0.717) is 34.1 Å². The first kappa shape index (κ1) is 21.6. The third kappa shape index (κ3) is 3.65. The molecule has 9 heteroatoms. The lowest BCUT2D eigenvalue weighted by Crippen LogP contribution is -2.29. The van der Waals surface area contributed by atoms with Gasteiger partial charge in [-0.05, 0) is 55.0 Å². The number of rotatable bonds is 5. The Hall–Kier alpha value is -4.24. The fourth-order valence-electron chi connectivity index (χ4n) is 3.92. The Bertz CT molecular complexity index is 1430. The number of carbonyl (C=O) groups excluding carboxylic acids is 2. The van der Waals surface area contributed by atoms with Crippen molar-refractivity contribution in [3.05, 3.63) is 83.7 Å². The van der Waals surface area contributed by atoms with Crippen LogP contribution >= 0.6 is 11.3 Å². The van der Waals surface area contributed by atoms with Crippen LogP contribution in [0.3, 0.4) is 0 Å². The largest absolute Gasteiger partial charge is 0.508 e. The quantitative estimate of drug-likeness (QED) is 0.251. The summed E-state index contributed by atoms with van der Waals surface area (Å²) >= 11 is 1.25. The number of thiazole rings is 1. The van der Waals surface area contributed by atoms with Crippen molar-refractivity contribution in [1.29, 1.82) is 0 Å². The Balaban J connectivity index is 1.69. The van der Waals surface area contributed by atoms with Gasteiger partial charge in [-0.2, -0.15) is 0 Å². The monoisotopic (exact) mass is 473 g/mol. The minimum absolute atomic E-state index is 0.0401. The molecule has 3 heterocycles. The van der Waals surface area contributed by atoms with E-state index in [2.05, 4.69) is 9.97 Å². The van der Waals surface area contributed by atoms with Gasteiger partial charge in [-0.1, -0.05) is 23.5 Å². The summed E-state index contributed by atoms with van der Waals surface area (Å²) in [5.74, 6) is -1.20. The van der Waals surface area contributed by atoms with E-state index in [0.717, 1.165) is 4.70 Å². The van der Waals surface area contributed by atoms with Crippen LogP contribution in [0.15, 0.2) is 72.6 Å². The van der Waals surface area contributed by atoms with Crippen molar-refractivity contribution in [1.82, 2.24) is 9.97 Å². The lowest BCUT2D eigenvalue weighted by atomic mass is 9.95. The molecule has 2 aromatic heterocycles. The summed E-state index contributed by atoms with van der Waals surface area (Å²) in [6.07, 6.45) is 2.98. The second kappa shape index (κ2) is 8.60. The van der Waals surface area contributed by atoms with Gasteiger partial charge >= 0.3 is 5.91 Å². The van der Waals surface area contributed by atoms with Crippen LogP contribution < -0.4 is 9.64 Å². The number of ketones is 1. The fourth-order valence-corrected chi connectivity index (χ4v) is 4.94. The molecule has 4 aromatic rings. The number of hydrogen-bond acceptors (Lipinski definition) is 8. The summed E-state index contributed by atoms with van der Waals surface area (Å²) in [5.41, 5.74) is 1.50. The number of aliphatic hydroxyl groups excluding tert-OH is 1. The van der Waals surface area contributed by atoms with Crippen molar-refractivity contribution in [2.75, 3.05) is 11.5 Å². The molecule has 1 unspecified atom stereocenters.